The number of unbranched alkanes of at least 4 members (excludes halogenated alkanes) is 29. The molecular weight excluding hydrogens is 805 g/mol. The average molecular weight is 909 g/mol. The van der Waals surface area contributed by atoms with E-state index in [2.05, 4.69) is 81.5 Å². The molecule has 0 spiro atoms. The Kier molecular flexibility index (Phi) is 51.3. The first-order valence-electron chi connectivity index (χ1n) is 27.8. The molecule has 0 N–H and O–H groups in total. The van der Waals surface area contributed by atoms with E-state index in [1.54, 1.807) is 0 Å². The van der Waals surface area contributed by atoms with Crippen molar-refractivity contribution in [2.75, 3.05) is 13.2 Å². The van der Waals surface area contributed by atoms with E-state index in [9.17, 15) is 14.4 Å². The normalized spacial score (nSPS) is 12.5. The second-order valence-electron chi connectivity index (χ2n) is 18.5. The average Bonchev–Trinajstić information content (AvgIpc) is 3.30. The van der Waals surface area contributed by atoms with Gasteiger partial charge in [0.2, 0.25) is 0 Å². The lowest BCUT2D eigenvalue weighted by molar-refractivity contribution is -0.167. The van der Waals surface area contributed by atoms with Gasteiger partial charge in [-0.2, -0.15) is 0 Å². The quantitative estimate of drug-likeness (QED) is 0.0262. The second kappa shape index (κ2) is 53.7. The van der Waals surface area contributed by atoms with Crippen molar-refractivity contribution in [2.45, 2.75) is 284 Å². The van der Waals surface area contributed by atoms with E-state index in [4.69, 9.17) is 14.2 Å². The zero-order chi connectivity index (χ0) is 47.2. The Labute approximate surface area is 402 Å². The smallest absolute Gasteiger partial charge is 0.306 e. The molecule has 0 bridgehead atoms. The van der Waals surface area contributed by atoms with Gasteiger partial charge in [-0.05, 0) is 109 Å². The second-order valence-corrected chi connectivity index (χ2v) is 18.5. The molecule has 0 aromatic heterocycles. The van der Waals surface area contributed by atoms with Gasteiger partial charge >= 0.3 is 17.9 Å². The number of carbonyl (C=O) groups is 3. The topological polar surface area (TPSA) is 78.9 Å². The van der Waals surface area contributed by atoms with E-state index in [1.165, 1.54) is 141 Å². The molecule has 0 heterocycles. The molecule has 0 saturated carbocycles. The van der Waals surface area contributed by atoms with Crippen LogP contribution in [0, 0.1) is 0 Å². The molecule has 0 amide bonds. The molecule has 0 rings (SSSR count). The maximum absolute atomic E-state index is 12.8. The molecule has 0 aliphatic heterocycles. The highest BCUT2D eigenvalue weighted by atomic mass is 16.6. The number of rotatable bonds is 50. The Bertz CT molecular complexity index is 1180. The fourth-order valence-corrected chi connectivity index (χ4v) is 7.73. The van der Waals surface area contributed by atoms with Crippen molar-refractivity contribution in [1.29, 1.82) is 0 Å². The van der Waals surface area contributed by atoms with Crippen LogP contribution in [-0.2, 0) is 28.6 Å². The van der Waals surface area contributed by atoms with Crippen LogP contribution < -0.4 is 0 Å². The monoisotopic (exact) mass is 909 g/mol. The molecule has 376 valence electrons. The number of ether oxygens (including phenoxy) is 3. The molecule has 0 aliphatic rings. The fraction of sp³-hybridized carbons (Fsp3) is 0.780. The Morgan fingerprint density at radius 2 is 0.554 bits per heavy atom. The van der Waals surface area contributed by atoms with E-state index in [0.717, 1.165) is 96.3 Å². The molecule has 0 radical (unpaired) electrons. The van der Waals surface area contributed by atoms with Crippen molar-refractivity contribution < 1.29 is 28.6 Å². The summed E-state index contributed by atoms with van der Waals surface area (Å²) < 4.78 is 16.8. The van der Waals surface area contributed by atoms with E-state index in [0.29, 0.717) is 19.3 Å². The summed E-state index contributed by atoms with van der Waals surface area (Å²) in [7, 11) is 0. The summed E-state index contributed by atoms with van der Waals surface area (Å²) in [5.74, 6) is -0.914. The third kappa shape index (κ3) is 51.9. The SMILES string of the molecule is CCCCC/C=C\C/C=C\C/C=C\CCCCCCC(=O)OC[C@H](COC(=O)CCCCCCCCC/C=C\CCCCCC)OC(=O)CCCCCCC/C=C\CCCCCCCC. The Balaban J connectivity index is 4.43. The van der Waals surface area contributed by atoms with Gasteiger partial charge in [-0.3, -0.25) is 14.4 Å². The number of carbonyl (C=O) groups excluding carboxylic acids is 3. The van der Waals surface area contributed by atoms with Crippen molar-refractivity contribution >= 4 is 17.9 Å². The van der Waals surface area contributed by atoms with Gasteiger partial charge in [0.25, 0.3) is 0 Å². The van der Waals surface area contributed by atoms with Crippen LogP contribution in [0.25, 0.3) is 0 Å². The van der Waals surface area contributed by atoms with Gasteiger partial charge in [-0.1, -0.05) is 210 Å². The Hall–Kier alpha value is -2.89. The van der Waals surface area contributed by atoms with Crippen LogP contribution in [0.15, 0.2) is 60.8 Å². The maximum Gasteiger partial charge on any atom is 0.306 e. The summed E-state index contributed by atoms with van der Waals surface area (Å²) in [6, 6.07) is 0. The van der Waals surface area contributed by atoms with Crippen LogP contribution in [-0.4, -0.2) is 37.2 Å². The predicted molar refractivity (Wildman–Crippen MR) is 279 cm³/mol. The van der Waals surface area contributed by atoms with Crippen LogP contribution in [0.3, 0.4) is 0 Å². The summed E-state index contributed by atoms with van der Waals surface area (Å²) in [4.78, 5) is 38.1. The highest BCUT2D eigenvalue weighted by Gasteiger charge is 2.19. The summed E-state index contributed by atoms with van der Waals surface area (Å²) in [6.07, 6.45) is 66.3. The molecule has 0 aromatic carbocycles. The third-order valence-electron chi connectivity index (χ3n) is 12.0. The molecule has 65 heavy (non-hydrogen) atoms. The van der Waals surface area contributed by atoms with Crippen molar-refractivity contribution in [1.82, 2.24) is 0 Å². The maximum atomic E-state index is 12.8. The highest BCUT2D eigenvalue weighted by molar-refractivity contribution is 5.71. The lowest BCUT2D eigenvalue weighted by Gasteiger charge is -2.18. The zero-order valence-electron chi connectivity index (χ0n) is 43.0. The minimum absolute atomic E-state index is 0.0864. The number of esters is 3. The zero-order valence-corrected chi connectivity index (χ0v) is 43.0. The summed E-state index contributed by atoms with van der Waals surface area (Å²) in [6.45, 7) is 6.58. The summed E-state index contributed by atoms with van der Waals surface area (Å²) in [5, 5.41) is 0. The minimum Gasteiger partial charge on any atom is -0.462 e. The number of hydrogen-bond donors (Lipinski definition) is 0. The van der Waals surface area contributed by atoms with Gasteiger partial charge in [0.1, 0.15) is 13.2 Å². The van der Waals surface area contributed by atoms with E-state index in [1.807, 2.05) is 0 Å². The Morgan fingerprint density at radius 1 is 0.308 bits per heavy atom. The molecule has 6 nitrogen and oxygen atoms in total. The largest absolute Gasteiger partial charge is 0.462 e. The van der Waals surface area contributed by atoms with Crippen LogP contribution in [0.4, 0.5) is 0 Å². The molecule has 0 saturated heterocycles. The molecule has 6 heteroatoms. The first-order chi connectivity index (χ1) is 32.0. The van der Waals surface area contributed by atoms with Crippen LogP contribution in [0.2, 0.25) is 0 Å². The first kappa shape index (κ1) is 62.1. The lowest BCUT2D eigenvalue weighted by Crippen LogP contribution is -2.30. The fourth-order valence-electron chi connectivity index (χ4n) is 7.73. The van der Waals surface area contributed by atoms with Gasteiger partial charge in [0, 0.05) is 19.3 Å². The van der Waals surface area contributed by atoms with Crippen molar-refractivity contribution in [2.24, 2.45) is 0 Å². The van der Waals surface area contributed by atoms with Gasteiger partial charge in [-0.15, -0.1) is 0 Å². The van der Waals surface area contributed by atoms with Gasteiger partial charge in [-0.25, -0.2) is 0 Å². The van der Waals surface area contributed by atoms with Crippen LogP contribution in [0.5, 0.6) is 0 Å². The van der Waals surface area contributed by atoms with Gasteiger partial charge in [0.05, 0.1) is 0 Å². The first-order valence-corrected chi connectivity index (χ1v) is 27.8. The summed E-state index contributed by atoms with van der Waals surface area (Å²) >= 11 is 0. The van der Waals surface area contributed by atoms with E-state index >= 15 is 0 Å². The molecular formula is C59H104O6. The van der Waals surface area contributed by atoms with E-state index in [-0.39, 0.29) is 31.1 Å². The number of hydrogen-bond acceptors (Lipinski definition) is 6. The van der Waals surface area contributed by atoms with E-state index < -0.39 is 6.10 Å². The minimum atomic E-state index is -0.789. The molecule has 0 aliphatic carbocycles. The Morgan fingerprint density at radius 3 is 0.923 bits per heavy atom. The van der Waals surface area contributed by atoms with Gasteiger partial charge < -0.3 is 14.2 Å². The highest BCUT2D eigenvalue weighted by Crippen LogP contribution is 2.14. The third-order valence-corrected chi connectivity index (χ3v) is 12.0. The van der Waals surface area contributed by atoms with Crippen molar-refractivity contribution in [3.63, 3.8) is 0 Å². The molecule has 0 unspecified atom stereocenters. The lowest BCUT2D eigenvalue weighted by atomic mass is 10.1. The summed E-state index contributed by atoms with van der Waals surface area (Å²) in [5.41, 5.74) is 0. The van der Waals surface area contributed by atoms with Crippen molar-refractivity contribution in [3.8, 4) is 0 Å². The molecule has 1 atom stereocenters. The molecule has 0 fully saturated rings. The van der Waals surface area contributed by atoms with Gasteiger partial charge in [0.15, 0.2) is 6.10 Å². The predicted octanol–water partition coefficient (Wildman–Crippen LogP) is 18.4. The number of allylic oxidation sites excluding steroid dienone is 10. The molecule has 0 aromatic rings. The van der Waals surface area contributed by atoms with Crippen molar-refractivity contribution in [3.05, 3.63) is 60.8 Å². The van der Waals surface area contributed by atoms with Crippen LogP contribution in [0.1, 0.15) is 278 Å². The standard InChI is InChI=1S/C59H104O6/c1-4-7-10-13-16-19-22-25-28-29-32-34-37-40-43-46-49-52-58(61)64-55-56(65-59(62)53-50-47-44-41-38-35-31-27-24-21-18-15-12-9-6-3)54-63-57(60)51-48-45-42-39-36-33-30-26-23-20-17-14-11-8-5-2/h16,19-20,23,25,27-28,31-32,34,56H,4-15,17-18,21-22,24,26,29-30,33,35-55H2,1-3H3/b19-16-,23-20-,28-25-,31-27-,34-32-/t56-/m0/s1. The van der Waals surface area contributed by atoms with Crippen LogP contribution >= 0.6 is 0 Å².